The minimum Gasteiger partial charge on any atom is -0.497 e. The summed E-state index contributed by atoms with van der Waals surface area (Å²) in [7, 11) is 3.99. The molecule has 2 aliphatic heterocycles. The van der Waals surface area contributed by atoms with Crippen LogP contribution >= 0.6 is 24.8 Å². The van der Waals surface area contributed by atoms with Gasteiger partial charge in [-0.3, -0.25) is 9.80 Å². The van der Waals surface area contributed by atoms with E-state index in [4.69, 9.17) is 4.74 Å². The van der Waals surface area contributed by atoms with Gasteiger partial charge in [0.15, 0.2) is 0 Å². The molecule has 2 saturated heterocycles. The third kappa shape index (κ3) is 4.43. The van der Waals surface area contributed by atoms with Gasteiger partial charge in [-0.15, -0.1) is 24.8 Å². The Kier molecular flexibility index (Phi) is 7.57. The summed E-state index contributed by atoms with van der Waals surface area (Å²) in [6, 6.07) is 9.14. The third-order valence-electron chi connectivity index (χ3n) is 5.86. The van der Waals surface area contributed by atoms with Crippen LogP contribution in [-0.4, -0.2) is 53.1 Å². The number of fused-ring (bicyclic) bond motifs is 1. The molecule has 3 heterocycles. The summed E-state index contributed by atoms with van der Waals surface area (Å²) < 4.78 is 7.46. The molecule has 0 N–H and O–H groups in total. The first kappa shape index (κ1) is 22.0. The second kappa shape index (κ2) is 9.28. The molecule has 4 rings (SSSR count). The molecule has 2 aliphatic rings. The van der Waals surface area contributed by atoms with Crippen LogP contribution in [0.4, 0.5) is 0 Å². The quantitative estimate of drug-likeness (QED) is 0.752. The van der Waals surface area contributed by atoms with Crippen LogP contribution in [0.2, 0.25) is 0 Å². The third-order valence-corrected chi connectivity index (χ3v) is 5.86. The van der Waals surface area contributed by atoms with Crippen molar-refractivity contribution in [2.75, 3.05) is 33.8 Å². The van der Waals surface area contributed by atoms with E-state index in [-0.39, 0.29) is 24.8 Å². The molecule has 0 amide bonds. The fourth-order valence-electron chi connectivity index (χ4n) is 4.67. The number of rotatable bonds is 5. The summed E-state index contributed by atoms with van der Waals surface area (Å²) in [6.45, 7) is 7.63. The lowest BCUT2D eigenvalue weighted by Gasteiger charge is -2.26. The number of methoxy groups -OCH3 is 1. The molecule has 0 unspecified atom stereocenters. The van der Waals surface area contributed by atoms with E-state index < -0.39 is 0 Å². The number of hydrogen-bond acceptors (Lipinski definition) is 4. The molecule has 27 heavy (non-hydrogen) atoms. The van der Waals surface area contributed by atoms with E-state index in [2.05, 4.69) is 63.8 Å². The fraction of sp³-hybridized carbons (Fsp3) is 0.550. The number of aromatic nitrogens is 2. The Morgan fingerprint density at radius 1 is 1.11 bits per heavy atom. The molecule has 2 fully saturated rings. The number of aryl methyl sites for hydroxylation is 1. The second-order valence-corrected chi connectivity index (χ2v) is 7.47. The van der Waals surface area contributed by atoms with E-state index in [9.17, 15) is 0 Å². The number of imidazole rings is 1. The predicted octanol–water partition coefficient (Wildman–Crippen LogP) is 3.49. The van der Waals surface area contributed by atoms with Crippen LogP contribution in [0, 0.1) is 11.8 Å². The Bertz CT molecular complexity index is 721. The maximum absolute atomic E-state index is 5.31. The van der Waals surface area contributed by atoms with Crippen molar-refractivity contribution >= 4 is 24.8 Å². The minimum atomic E-state index is 0. The lowest BCUT2D eigenvalue weighted by atomic mass is 9.89. The van der Waals surface area contributed by atoms with Gasteiger partial charge in [0.1, 0.15) is 5.75 Å². The minimum absolute atomic E-state index is 0. The molecule has 150 valence electrons. The summed E-state index contributed by atoms with van der Waals surface area (Å²) in [5.74, 6) is 2.39. The average molecular weight is 413 g/mol. The molecular weight excluding hydrogens is 383 g/mol. The zero-order chi connectivity index (χ0) is 17.4. The van der Waals surface area contributed by atoms with Crippen molar-refractivity contribution in [1.82, 2.24) is 19.4 Å². The molecule has 1 aromatic carbocycles. The second-order valence-electron chi connectivity index (χ2n) is 7.47. The van der Waals surface area contributed by atoms with Gasteiger partial charge in [-0.1, -0.05) is 12.1 Å². The first-order valence-electron chi connectivity index (χ1n) is 9.25. The van der Waals surface area contributed by atoms with Gasteiger partial charge in [0.25, 0.3) is 0 Å². The molecule has 1 aromatic heterocycles. The normalized spacial score (nSPS) is 24.9. The fourth-order valence-corrected chi connectivity index (χ4v) is 4.67. The molecule has 0 radical (unpaired) electrons. The summed E-state index contributed by atoms with van der Waals surface area (Å²) in [4.78, 5) is 9.67. The smallest absolute Gasteiger partial charge is 0.118 e. The van der Waals surface area contributed by atoms with Gasteiger partial charge in [0.2, 0.25) is 0 Å². The summed E-state index contributed by atoms with van der Waals surface area (Å²) in [5, 5.41) is 0. The van der Waals surface area contributed by atoms with Gasteiger partial charge in [-0.2, -0.15) is 0 Å². The standard InChI is InChI=1S/C20H28N4O.2ClH/c1-4-23-11-17(21-14-23)12-24-10-16-9-22(2)20(19(16)13-24)15-5-7-18(25-3)8-6-15;;/h5-8,11,14,16,19-20H,4,9-10,12-13H2,1-3H3;2*1H/t16-,19+,20-;;/m0../s1. The molecule has 5 nitrogen and oxygen atoms in total. The first-order valence-corrected chi connectivity index (χ1v) is 9.25. The molecule has 2 aromatic rings. The van der Waals surface area contributed by atoms with E-state index in [0.717, 1.165) is 31.3 Å². The van der Waals surface area contributed by atoms with E-state index in [1.807, 2.05) is 6.33 Å². The zero-order valence-corrected chi connectivity index (χ0v) is 17.9. The van der Waals surface area contributed by atoms with Crippen LogP contribution in [0.5, 0.6) is 5.75 Å². The van der Waals surface area contributed by atoms with Crippen molar-refractivity contribution in [3.63, 3.8) is 0 Å². The number of benzene rings is 1. The van der Waals surface area contributed by atoms with Gasteiger partial charge >= 0.3 is 0 Å². The Morgan fingerprint density at radius 3 is 2.48 bits per heavy atom. The van der Waals surface area contributed by atoms with Crippen molar-refractivity contribution in [3.05, 3.63) is 48.0 Å². The molecule has 0 aliphatic carbocycles. The molecule has 3 atom stereocenters. The largest absolute Gasteiger partial charge is 0.497 e. The first-order chi connectivity index (χ1) is 12.2. The highest BCUT2D eigenvalue weighted by molar-refractivity contribution is 5.85. The Labute approximate surface area is 174 Å². The molecule has 0 bridgehead atoms. The van der Waals surface area contributed by atoms with Crippen molar-refractivity contribution < 1.29 is 4.74 Å². The van der Waals surface area contributed by atoms with Crippen LogP contribution < -0.4 is 4.74 Å². The van der Waals surface area contributed by atoms with Crippen molar-refractivity contribution in [2.24, 2.45) is 11.8 Å². The number of hydrogen-bond donors (Lipinski definition) is 0. The van der Waals surface area contributed by atoms with Crippen LogP contribution in [0.1, 0.15) is 24.2 Å². The summed E-state index contributed by atoms with van der Waals surface area (Å²) in [5.41, 5.74) is 2.60. The predicted molar refractivity (Wildman–Crippen MR) is 113 cm³/mol. The van der Waals surface area contributed by atoms with Gasteiger partial charge in [0, 0.05) is 45.0 Å². The highest BCUT2D eigenvalue weighted by Gasteiger charge is 2.45. The Balaban J connectivity index is 0.00000131. The van der Waals surface area contributed by atoms with Crippen molar-refractivity contribution in [1.29, 1.82) is 0 Å². The SMILES string of the molecule is CCn1cnc(CN2C[C@@H]3CN(C)[C@@H](c4ccc(OC)cc4)[C@@H]3C2)c1.Cl.Cl. The lowest BCUT2D eigenvalue weighted by Crippen LogP contribution is -2.29. The Hall–Kier alpha value is -1.27. The Morgan fingerprint density at radius 2 is 1.85 bits per heavy atom. The molecule has 0 saturated carbocycles. The van der Waals surface area contributed by atoms with Gasteiger partial charge in [0.05, 0.1) is 19.1 Å². The molecule has 7 heteroatoms. The zero-order valence-electron chi connectivity index (χ0n) is 16.2. The van der Waals surface area contributed by atoms with E-state index >= 15 is 0 Å². The number of nitrogens with zero attached hydrogens (tertiary/aromatic N) is 4. The highest BCUT2D eigenvalue weighted by atomic mass is 35.5. The van der Waals surface area contributed by atoms with Crippen molar-refractivity contribution in [2.45, 2.75) is 26.1 Å². The van der Waals surface area contributed by atoms with Gasteiger partial charge < -0.3 is 9.30 Å². The highest BCUT2D eigenvalue weighted by Crippen LogP contribution is 2.44. The van der Waals surface area contributed by atoms with E-state index in [1.54, 1.807) is 7.11 Å². The molecule has 0 spiro atoms. The number of halogens is 2. The van der Waals surface area contributed by atoms with Crippen LogP contribution in [-0.2, 0) is 13.1 Å². The average Bonchev–Trinajstić information content (AvgIpc) is 3.30. The van der Waals surface area contributed by atoms with Gasteiger partial charge in [-0.25, -0.2) is 4.98 Å². The van der Waals surface area contributed by atoms with E-state index in [0.29, 0.717) is 12.0 Å². The van der Waals surface area contributed by atoms with Gasteiger partial charge in [-0.05, 0) is 43.5 Å². The monoisotopic (exact) mass is 412 g/mol. The number of likely N-dealkylation sites (tertiary alicyclic amines) is 2. The van der Waals surface area contributed by atoms with E-state index in [1.165, 1.54) is 24.3 Å². The lowest BCUT2D eigenvalue weighted by molar-refractivity contribution is 0.223. The van der Waals surface area contributed by atoms with Crippen LogP contribution in [0.15, 0.2) is 36.8 Å². The summed E-state index contributed by atoms with van der Waals surface area (Å²) in [6.07, 6.45) is 4.13. The van der Waals surface area contributed by atoms with Crippen LogP contribution in [0.25, 0.3) is 0 Å². The van der Waals surface area contributed by atoms with Crippen LogP contribution in [0.3, 0.4) is 0 Å². The van der Waals surface area contributed by atoms with Crippen molar-refractivity contribution in [3.8, 4) is 5.75 Å². The topological polar surface area (TPSA) is 33.5 Å². The maximum Gasteiger partial charge on any atom is 0.118 e. The maximum atomic E-state index is 5.31. The summed E-state index contributed by atoms with van der Waals surface area (Å²) >= 11 is 0. The molecular formula is C20H30Cl2N4O. The number of ether oxygens (including phenoxy) is 1.